The Bertz CT molecular complexity index is 1320. The van der Waals surface area contributed by atoms with Gasteiger partial charge in [-0.15, -0.1) is 0 Å². The van der Waals surface area contributed by atoms with Gasteiger partial charge in [0.2, 0.25) is 17.8 Å². The summed E-state index contributed by atoms with van der Waals surface area (Å²) >= 11 is 5.98. The lowest BCUT2D eigenvalue weighted by Gasteiger charge is -2.23. The zero-order chi connectivity index (χ0) is 24.2. The first-order chi connectivity index (χ1) is 16.3. The van der Waals surface area contributed by atoms with Crippen molar-refractivity contribution in [1.29, 1.82) is 0 Å². The molecule has 1 aliphatic rings. The second-order valence-electron chi connectivity index (χ2n) is 7.40. The average molecular weight is 482 g/mol. The van der Waals surface area contributed by atoms with E-state index in [0.29, 0.717) is 22.0 Å². The van der Waals surface area contributed by atoms with Crippen LogP contribution in [0.2, 0.25) is 5.02 Å². The molecule has 0 bridgehead atoms. The van der Waals surface area contributed by atoms with E-state index in [1.54, 1.807) is 31.2 Å². The number of halogens is 1. The smallest absolute Gasteiger partial charge is 0.338 e. The molecule has 0 spiro atoms. The molecule has 1 aromatic heterocycles. The van der Waals surface area contributed by atoms with Gasteiger partial charge in [-0.3, -0.25) is 19.4 Å². The number of carbonyl (C=O) groups excluding carboxylic acids is 3. The normalized spacial score (nSPS) is 14.5. The van der Waals surface area contributed by atoms with Crippen LogP contribution >= 0.6 is 11.6 Å². The first-order valence-electron chi connectivity index (χ1n) is 10.4. The van der Waals surface area contributed by atoms with Crippen molar-refractivity contribution in [2.24, 2.45) is 0 Å². The molecule has 0 unspecified atom stereocenters. The van der Waals surface area contributed by atoms with Crippen molar-refractivity contribution < 1.29 is 19.1 Å². The first kappa shape index (κ1) is 23.0. The van der Waals surface area contributed by atoms with Crippen LogP contribution in [0.4, 0.5) is 23.1 Å². The summed E-state index contributed by atoms with van der Waals surface area (Å²) in [6, 6.07) is 12.9. The highest BCUT2D eigenvalue weighted by Gasteiger charge is 2.34. The zero-order valence-corrected chi connectivity index (χ0v) is 18.7. The van der Waals surface area contributed by atoms with E-state index in [1.165, 1.54) is 24.3 Å². The van der Waals surface area contributed by atoms with Crippen molar-refractivity contribution in [3.8, 4) is 0 Å². The Hall–Kier alpha value is -4.18. The van der Waals surface area contributed by atoms with Gasteiger partial charge in [0.05, 0.1) is 23.7 Å². The number of rotatable bonds is 6. The fraction of sp³-hybridized carbons (Fsp3) is 0.174. The van der Waals surface area contributed by atoms with Crippen LogP contribution in [-0.2, 0) is 14.3 Å². The number of hydrogen-bond donors (Lipinski definition) is 4. The molecule has 0 fully saturated rings. The Balaban J connectivity index is 1.56. The molecule has 0 saturated heterocycles. The van der Waals surface area contributed by atoms with Crippen LogP contribution in [0, 0.1) is 0 Å². The van der Waals surface area contributed by atoms with Crippen LogP contribution in [0.25, 0.3) is 0 Å². The Kier molecular flexibility index (Phi) is 6.60. The van der Waals surface area contributed by atoms with Crippen LogP contribution in [-0.4, -0.2) is 34.4 Å². The molecule has 174 valence electrons. The fourth-order valence-corrected chi connectivity index (χ4v) is 3.68. The van der Waals surface area contributed by atoms with Gasteiger partial charge >= 0.3 is 5.97 Å². The minimum Gasteiger partial charge on any atom is -0.462 e. The number of anilines is 4. The van der Waals surface area contributed by atoms with Crippen molar-refractivity contribution >= 4 is 52.5 Å². The largest absolute Gasteiger partial charge is 0.462 e. The maximum Gasteiger partial charge on any atom is 0.338 e. The molecule has 34 heavy (non-hydrogen) atoms. The predicted molar refractivity (Wildman–Crippen MR) is 127 cm³/mol. The SMILES string of the molecule is CCOC(=O)c1ccc(NC(=O)[C@H]2CC(=O)Nc3nc(Nc4cccc(Cl)c4)[nH]c(=O)c32)cc1. The molecule has 1 aliphatic heterocycles. The van der Waals surface area contributed by atoms with Crippen molar-refractivity contribution in [3.05, 3.63) is 75.0 Å². The number of H-pyrrole nitrogens is 1. The Morgan fingerprint density at radius 2 is 1.91 bits per heavy atom. The standard InChI is InChI=1S/C23H20ClN5O5/c1-2-34-22(33)12-6-8-14(9-7-12)25-20(31)16-11-17(30)27-19-18(16)21(32)29-23(28-19)26-15-5-3-4-13(24)10-15/h3-10,16H,2,11H2,1H3,(H,25,31)(H3,26,27,28,29,30,32)/t16-/m0/s1. The third-order valence-corrected chi connectivity index (χ3v) is 5.25. The van der Waals surface area contributed by atoms with Crippen molar-refractivity contribution in [3.63, 3.8) is 0 Å². The topological polar surface area (TPSA) is 142 Å². The quantitative estimate of drug-likeness (QED) is 0.395. The summed E-state index contributed by atoms with van der Waals surface area (Å²) in [5.74, 6) is -2.44. The van der Waals surface area contributed by atoms with E-state index in [-0.39, 0.29) is 30.4 Å². The molecule has 2 aromatic carbocycles. The highest BCUT2D eigenvalue weighted by molar-refractivity contribution is 6.30. The van der Waals surface area contributed by atoms with E-state index in [2.05, 4.69) is 25.9 Å². The van der Waals surface area contributed by atoms with Crippen LogP contribution in [0.15, 0.2) is 53.3 Å². The molecule has 4 rings (SSSR count). The maximum absolute atomic E-state index is 13.0. The van der Waals surface area contributed by atoms with E-state index < -0.39 is 29.3 Å². The number of benzene rings is 2. The number of ether oxygens (including phenoxy) is 1. The number of fused-ring (bicyclic) bond motifs is 1. The number of amides is 2. The average Bonchev–Trinajstić information content (AvgIpc) is 2.79. The van der Waals surface area contributed by atoms with Gasteiger partial charge in [-0.25, -0.2) is 4.79 Å². The number of carbonyl (C=O) groups is 3. The summed E-state index contributed by atoms with van der Waals surface area (Å²) in [6.07, 6.45) is -0.217. The Morgan fingerprint density at radius 3 is 2.62 bits per heavy atom. The summed E-state index contributed by atoms with van der Waals surface area (Å²) in [4.78, 5) is 56.7. The summed E-state index contributed by atoms with van der Waals surface area (Å²) in [6.45, 7) is 1.96. The molecule has 0 aliphatic carbocycles. The Labute approximate surface area is 198 Å². The summed E-state index contributed by atoms with van der Waals surface area (Å²) < 4.78 is 4.93. The molecule has 4 N–H and O–H groups in total. The molecule has 10 nitrogen and oxygen atoms in total. The van der Waals surface area contributed by atoms with Crippen LogP contribution in [0.5, 0.6) is 0 Å². The predicted octanol–water partition coefficient (Wildman–Crippen LogP) is 3.41. The highest BCUT2D eigenvalue weighted by atomic mass is 35.5. The molecule has 0 saturated carbocycles. The van der Waals surface area contributed by atoms with Gasteiger partial charge in [0, 0.05) is 22.8 Å². The lowest BCUT2D eigenvalue weighted by atomic mass is 9.92. The minimum atomic E-state index is -1.05. The second-order valence-corrected chi connectivity index (χ2v) is 7.84. The zero-order valence-electron chi connectivity index (χ0n) is 18.0. The number of esters is 1. The lowest BCUT2D eigenvalue weighted by Crippen LogP contribution is -2.36. The molecule has 2 amide bonds. The van der Waals surface area contributed by atoms with Crippen LogP contribution in [0.1, 0.15) is 35.2 Å². The van der Waals surface area contributed by atoms with Gasteiger partial charge in [0.25, 0.3) is 5.56 Å². The number of nitrogens with zero attached hydrogens (tertiary/aromatic N) is 1. The number of hydrogen-bond acceptors (Lipinski definition) is 7. The molecule has 3 aromatic rings. The van der Waals surface area contributed by atoms with Crippen molar-refractivity contribution in [1.82, 2.24) is 9.97 Å². The maximum atomic E-state index is 13.0. The van der Waals surface area contributed by atoms with E-state index in [4.69, 9.17) is 16.3 Å². The second kappa shape index (κ2) is 9.75. The lowest BCUT2D eigenvalue weighted by molar-refractivity contribution is -0.123. The molecule has 1 atom stereocenters. The molecule has 2 heterocycles. The minimum absolute atomic E-state index is 0.00216. The molecule has 11 heteroatoms. The van der Waals surface area contributed by atoms with E-state index in [1.807, 2.05) is 0 Å². The first-order valence-corrected chi connectivity index (χ1v) is 10.8. The number of aromatic nitrogens is 2. The van der Waals surface area contributed by atoms with Crippen LogP contribution in [0.3, 0.4) is 0 Å². The van der Waals surface area contributed by atoms with Crippen molar-refractivity contribution in [2.45, 2.75) is 19.3 Å². The van der Waals surface area contributed by atoms with Gasteiger partial charge in [0.1, 0.15) is 5.82 Å². The van der Waals surface area contributed by atoms with E-state index >= 15 is 0 Å². The van der Waals surface area contributed by atoms with Gasteiger partial charge in [0.15, 0.2) is 0 Å². The van der Waals surface area contributed by atoms with Gasteiger partial charge < -0.3 is 20.7 Å². The summed E-state index contributed by atoms with van der Waals surface area (Å²) in [7, 11) is 0. The molecular weight excluding hydrogens is 462 g/mol. The summed E-state index contributed by atoms with van der Waals surface area (Å²) in [5.41, 5.74) is 0.805. The molecule has 0 radical (unpaired) electrons. The van der Waals surface area contributed by atoms with Gasteiger partial charge in [-0.05, 0) is 49.4 Å². The van der Waals surface area contributed by atoms with E-state index in [0.717, 1.165) is 0 Å². The third kappa shape index (κ3) is 5.07. The van der Waals surface area contributed by atoms with E-state index in [9.17, 15) is 19.2 Å². The third-order valence-electron chi connectivity index (χ3n) is 5.02. The van der Waals surface area contributed by atoms with Crippen molar-refractivity contribution in [2.75, 3.05) is 22.6 Å². The molecular formula is C23H20ClN5O5. The Morgan fingerprint density at radius 1 is 1.15 bits per heavy atom. The monoisotopic (exact) mass is 481 g/mol. The highest BCUT2D eigenvalue weighted by Crippen LogP contribution is 2.30. The fourth-order valence-electron chi connectivity index (χ4n) is 3.49. The van der Waals surface area contributed by atoms with Crippen LogP contribution < -0.4 is 21.5 Å². The number of aromatic amines is 1. The summed E-state index contributed by atoms with van der Waals surface area (Å²) in [5, 5.41) is 8.64. The number of nitrogens with one attached hydrogen (secondary N) is 4. The van der Waals surface area contributed by atoms with Gasteiger partial charge in [-0.2, -0.15) is 4.98 Å². The van der Waals surface area contributed by atoms with Gasteiger partial charge in [-0.1, -0.05) is 17.7 Å².